The van der Waals surface area contributed by atoms with Crippen LogP contribution in [0.1, 0.15) is 5.56 Å². The van der Waals surface area contributed by atoms with Gasteiger partial charge in [0.2, 0.25) is 0 Å². The molecule has 0 radical (unpaired) electrons. The highest BCUT2D eigenvalue weighted by Crippen LogP contribution is 2.16. The van der Waals surface area contributed by atoms with Crippen molar-refractivity contribution in [3.8, 4) is 0 Å². The monoisotopic (exact) mass is 261 g/mol. The van der Waals surface area contributed by atoms with Gasteiger partial charge in [-0.05, 0) is 18.7 Å². The Balaban J connectivity index is 2.55. The molecule has 1 N–H and O–H groups in total. The van der Waals surface area contributed by atoms with Gasteiger partial charge in [-0.3, -0.25) is 9.69 Å². The Hall–Kier alpha value is -0.770. The smallest absolute Gasteiger partial charge is 0.322 e. The molecule has 0 spiro atoms. The number of carboxylic acid groups (broad SMARTS) is 1. The van der Waals surface area contributed by atoms with Gasteiger partial charge in [-0.1, -0.05) is 29.8 Å². The summed E-state index contributed by atoms with van der Waals surface area (Å²) in [6, 6.07) is 7.46. The van der Waals surface area contributed by atoms with E-state index in [2.05, 4.69) is 0 Å². The first-order valence-corrected chi connectivity index (χ1v) is 5.61. The third kappa shape index (κ3) is 4.00. The van der Waals surface area contributed by atoms with Crippen LogP contribution in [-0.2, 0) is 11.3 Å². The maximum absolute atomic E-state index is 10.6. The summed E-state index contributed by atoms with van der Waals surface area (Å²) in [4.78, 5) is 12.4. The van der Waals surface area contributed by atoms with Crippen LogP contribution >= 0.6 is 23.2 Å². The second-order valence-corrected chi connectivity index (χ2v) is 4.53. The van der Waals surface area contributed by atoms with Gasteiger partial charge in [0, 0.05) is 18.1 Å². The van der Waals surface area contributed by atoms with Crippen LogP contribution in [0.4, 0.5) is 0 Å². The first-order valence-electron chi connectivity index (χ1n) is 4.79. The minimum absolute atomic E-state index is 0.280. The Bertz CT molecular complexity index is 371. The molecule has 0 aliphatic rings. The van der Waals surface area contributed by atoms with E-state index < -0.39 is 11.3 Å². The lowest BCUT2D eigenvalue weighted by molar-refractivity contribution is -0.136. The zero-order chi connectivity index (χ0) is 12.1. The van der Waals surface area contributed by atoms with Gasteiger partial charge in [0.15, 0.2) is 0 Å². The first-order chi connectivity index (χ1) is 7.50. The number of nitrogens with zero attached hydrogens (tertiary/aromatic N) is 1. The molecule has 0 bridgehead atoms. The summed E-state index contributed by atoms with van der Waals surface area (Å²) in [5, 5.41) is 8.45. The standard InChI is InChI=1S/C11H13Cl2NO2/c1-14(7-10(13)11(15)16)6-8-4-2-3-5-9(8)12/h2-5,10H,6-7H2,1H3,(H,15,16). The molecule has 88 valence electrons. The number of alkyl halides is 1. The van der Waals surface area contributed by atoms with Crippen molar-refractivity contribution in [1.29, 1.82) is 0 Å². The summed E-state index contributed by atoms with van der Waals surface area (Å²) in [5.41, 5.74) is 0.959. The molecule has 0 amide bonds. The van der Waals surface area contributed by atoms with Crippen LogP contribution in [0.3, 0.4) is 0 Å². The number of aliphatic carboxylic acids is 1. The van der Waals surface area contributed by atoms with Gasteiger partial charge in [0.05, 0.1) is 0 Å². The van der Waals surface area contributed by atoms with E-state index in [1.807, 2.05) is 30.1 Å². The quantitative estimate of drug-likeness (QED) is 0.828. The Labute approximate surface area is 105 Å². The van der Waals surface area contributed by atoms with E-state index in [1.54, 1.807) is 6.07 Å². The Kier molecular flexibility index (Phi) is 5.06. The Morgan fingerprint density at radius 3 is 2.69 bits per heavy atom. The fourth-order valence-electron chi connectivity index (χ4n) is 1.33. The number of hydrogen-bond donors (Lipinski definition) is 1. The van der Waals surface area contributed by atoms with Crippen molar-refractivity contribution < 1.29 is 9.90 Å². The fourth-order valence-corrected chi connectivity index (χ4v) is 1.76. The average molecular weight is 262 g/mol. The molecule has 1 aromatic rings. The van der Waals surface area contributed by atoms with E-state index in [9.17, 15) is 4.79 Å². The van der Waals surface area contributed by atoms with Gasteiger partial charge in [-0.15, -0.1) is 11.6 Å². The van der Waals surface area contributed by atoms with Crippen molar-refractivity contribution in [3.05, 3.63) is 34.9 Å². The van der Waals surface area contributed by atoms with Crippen molar-refractivity contribution in [2.45, 2.75) is 11.9 Å². The van der Waals surface area contributed by atoms with E-state index in [0.717, 1.165) is 5.56 Å². The second-order valence-electron chi connectivity index (χ2n) is 3.59. The molecular weight excluding hydrogens is 249 g/mol. The van der Waals surface area contributed by atoms with Crippen molar-refractivity contribution in [3.63, 3.8) is 0 Å². The fraction of sp³-hybridized carbons (Fsp3) is 0.364. The van der Waals surface area contributed by atoms with E-state index in [0.29, 0.717) is 11.6 Å². The van der Waals surface area contributed by atoms with E-state index >= 15 is 0 Å². The third-order valence-electron chi connectivity index (χ3n) is 2.14. The van der Waals surface area contributed by atoms with Crippen molar-refractivity contribution in [2.75, 3.05) is 13.6 Å². The zero-order valence-electron chi connectivity index (χ0n) is 8.86. The molecule has 0 heterocycles. The molecule has 0 aromatic heterocycles. The molecule has 1 atom stereocenters. The van der Waals surface area contributed by atoms with Crippen LogP contribution in [-0.4, -0.2) is 34.9 Å². The molecule has 0 saturated heterocycles. The lowest BCUT2D eigenvalue weighted by atomic mass is 10.2. The molecule has 3 nitrogen and oxygen atoms in total. The Morgan fingerprint density at radius 1 is 1.50 bits per heavy atom. The summed E-state index contributed by atoms with van der Waals surface area (Å²) in [6.07, 6.45) is 0. The van der Waals surface area contributed by atoms with Crippen LogP contribution in [0.5, 0.6) is 0 Å². The number of rotatable bonds is 5. The molecule has 0 aliphatic carbocycles. The molecule has 0 fully saturated rings. The summed E-state index contributed by atoms with van der Waals surface area (Å²) < 4.78 is 0. The molecule has 16 heavy (non-hydrogen) atoms. The number of hydrogen-bond acceptors (Lipinski definition) is 2. The van der Waals surface area contributed by atoms with Crippen LogP contribution in [0.25, 0.3) is 0 Å². The first kappa shape index (κ1) is 13.3. The van der Waals surface area contributed by atoms with E-state index in [-0.39, 0.29) is 6.54 Å². The molecule has 1 rings (SSSR count). The maximum atomic E-state index is 10.6. The summed E-state index contributed by atoms with van der Waals surface area (Å²) in [7, 11) is 1.81. The van der Waals surface area contributed by atoms with Crippen LogP contribution < -0.4 is 0 Å². The van der Waals surface area contributed by atoms with Crippen molar-refractivity contribution in [1.82, 2.24) is 4.90 Å². The highest BCUT2D eigenvalue weighted by molar-refractivity contribution is 6.31. The molecule has 1 unspecified atom stereocenters. The van der Waals surface area contributed by atoms with E-state index in [4.69, 9.17) is 28.3 Å². The van der Waals surface area contributed by atoms with Gasteiger partial charge in [0.25, 0.3) is 0 Å². The second kappa shape index (κ2) is 6.09. The minimum atomic E-state index is -1.01. The zero-order valence-corrected chi connectivity index (χ0v) is 10.4. The maximum Gasteiger partial charge on any atom is 0.322 e. The predicted molar refractivity (Wildman–Crippen MR) is 65.1 cm³/mol. The Morgan fingerprint density at radius 2 is 2.12 bits per heavy atom. The molecular formula is C11H13Cl2NO2. The van der Waals surface area contributed by atoms with Crippen LogP contribution in [0.15, 0.2) is 24.3 Å². The lowest BCUT2D eigenvalue weighted by Crippen LogP contribution is -2.30. The largest absolute Gasteiger partial charge is 0.480 e. The number of carboxylic acids is 1. The lowest BCUT2D eigenvalue weighted by Gasteiger charge is -2.18. The van der Waals surface area contributed by atoms with E-state index in [1.165, 1.54) is 0 Å². The highest BCUT2D eigenvalue weighted by Gasteiger charge is 2.16. The molecule has 0 aliphatic heterocycles. The number of halogens is 2. The third-order valence-corrected chi connectivity index (χ3v) is 2.83. The normalized spacial score (nSPS) is 12.8. The van der Waals surface area contributed by atoms with Crippen molar-refractivity contribution >= 4 is 29.2 Å². The van der Waals surface area contributed by atoms with Gasteiger partial charge < -0.3 is 5.11 Å². The van der Waals surface area contributed by atoms with Gasteiger partial charge in [0.1, 0.15) is 5.38 Å². The average Bonchev–Trinajstić information content (AvgIpc) is 2.21. The number of carbonyl (C=O) groups is 1. The van der Waals surface area contributed by atoms with Crippen LogP contribution in [0.2, 0.25) is 5.02 Å². The summed E-state index contributed by atoms with van der Waals surface area (Å²) in [5.74, 6) is -1.01. The summed E-state index contributed by atoms with van der Waals surface area (Å²) >= 11 is 11.6. The number of benzene rings is 1. The minimum Gasteiger partial charge on any atom is -0.480 e. The topological polar surface area (TPSA) is 40.5 Å². The van der Waals surface area contributed by atoms with Gasteiger partial charge in [-0.2, -0.15) is 0 Å². The molecule has 0 saturated carbocycles. The molecule has 1 aromatic carbocycles. The van der Waals surface area contributed by atoms with Crippen molar-refractivity contribution in [2.24, 2.45) is 0 Å². The highest BCUT2D eigenvalue weighted by atomic mass is 35.5. The molecule has 5 heteroatoms. The van der Waals surface area contributed by atoms with Gasteiger partial charge >= 0.3 is 5.97 Å². The summed E-state index contributed by atoms with van der Waals surface area (Å²) in [6.45, 7) is 0.859. The van der Waals surface area contributed by atoms with Gasteiger partial charge in [-0.25, -0.2) is 0 Å². The van der Waals surface area contributed by atoms with Crippen LogP contribution in [0, 0.1) is 0 Å². The predicted octanol–water partition coefficient (Wildman–Crippen LogP) is 2.46. The SMILES string of the molecule is CN(Cc1ccccc1Cl)CC(Cl)C(=O)O.